The van der Waals surface area contributed by atoms with Gasteiger partial charge < -0.3 is 15.1 Å². The first-order valence-corrected chi connectivity index (χ1v) is 11.9. The van der Waals surface area contributed by atoms with Crippen LogP contribution < -0.4 is 16.1 Å². The molecule has 0 unspecified atom stereocenters. The van der Waals surface area contributed by atoms with Gasteiger partial charge in [0.2, 0.25) is 11.9 Å². The van der Waals surface area contributed by atoms with Crippen molar-refractivity contribution >= 4 is 29.3 Å². The van der Waals surface area contributed by atoms with E-state index in [4.69, 9.17) is 10.8 Å². The average Bonchev–Trinajstić information content (AvgIpc) is 3.31. The molecule has 2 saturated heterocycles. The van der Waals surface area contributed by atoms with Crippen LogP contribution in [-0.4, -0.2) is 70.6 Å². The maximum atomic E-state index is 12.0. The number of piperidine rings is 1. The zero-order valence-electron chi connectivity index (χ0n) is 19.5. The SMILES string of the molecule is CC(=O)N1CC[C@H](N2CC(c3ccccc3C)=Cc3cnc(NC4CCN(N)CC4)nc32)C1. The molecule has 0 spiro atoms. The van der Waals surface area contributed by atoms with Crippen LogP contribution in [0, 0.1) is 6.92 Å². The number of amides is 1. The van der Waals surface area contributed by atoms with Gasteiger partial charge in [-0.1, -0.05) is 24.3 Å². The molecule has 4 heterocycles. The summed E-state index contributed by atoms with van der Waals surface area (Å²) in [6.45, 7) is 7.86. The fourth-order valence-electron chi connectivity index (χ4n) is 5.18. The lowest BCUT2D eigenvalue weighted by Gasteiger charge is -2.36. The van der Waals surface area contributed by atoms with Crippen LogP contribution >= 0.6 is 0 Å². The van der Waals surface area contributed by atoms with Crippen molar-refractivity contribution in [2.45, 2.75) is 45.2 Å². The number of fused-ring (bicyclic) bond motifs is 1. The van der Waals surface area contributed by atoms with Gasteiger partial charge in [-0.15, -0.1) is 0 Å². The zero-order valence-corrected chi connectivity index (χ0v) is 19.5. The van der Waals surface area contributed by atoms with Gasteiger partial charge in [0.25, 0.3) is 0 Å². The van der Waals surface area contributed by atoms with E-state index in [1.807, 2.05) is 16.1 Å². The molecule has 8 heteroatoms. The molecule has 2 fully saturated rings. The number of aromatic nitrogens is 2. The number of hydrogen-bond donors (Lipinski definition) is 2. The molecule has 1 amide bonds. The molecule has 1 aromatic heterocycles. The Bertz CT molecular complexity index is 1060. The highest BCUT2D eigenvalue weighted by Crippen LogP contribution is 2.36. The number of carbonyl (C=O) groups is 1. The summed E-state index contributed by atoms with van der Waals surface area (Å²) < 4.78 is 0. The molecule has 3 N–H and O–H groups in total. The molecule has 3 aliphatic rings. The number of anilines is 2. The van der Waals surface area contributed by atoms with Crippen molar-refractivity contribution in [1.29, 1.82) is 0 Å². The van der Waals surface area contributed by atoms with Crippen molar-refractivity contribution in [3.63, 3.8) is 0 Å². The number of carbonyl (C=O) groups excluding carboxylic acids is 1. The maximum absolute atomic E-state index is 12.0. The lowest BCUT2D eigenvalue weighted by atomic mass is 9.95. The first-order chi connectivity index (χ1) is 16.0. The molecule has 0 bridgehead atoms. The van der Waals surface area contributed by atoms with Gasteiger partial charge in [-0.25, -0.2) is 9.99 Å². The van der Waals surface area contributed by atoms with Gasteiger partial charge >= 0.3 is 0 Å². The summed E-state index contributed by atoms with van der Waals surface area (Å²) in [6, 6.07) is 9.07. The summed E-state index contributed by atoms with van der Waals surface area (Å²) in [4.78, 5) is 26.0. The van der Waals surface area contributed by atoms with Crippen molar-refractivity contribution in [3.8, 4) is 0 Å². The third kappa shape index (κ3) is 4.58. The van der Waals surface area contributed by atoms with Crippen LogP contribution in [0.3, 0.4) is 0 Å². The molecule has 8 nitrogen and oxygen atoms in total. The number of likely N-dealkylation sites (tertiary alicyclic amines) is 1. The second-order valence-corrected chi connectivity index (χ2v) is 9.45. The van der Waals surface area contributed by atoms with Crippen LogP contribution in [0.5, 0.6) is 0 Å². The van der Waals surface area contributed by atoms with E-state index < -0.39 is 0 Å². The van der Waals surface area contributed by atoms with Gasteiger partial charge in [0, 0.05) is 57.4 Å². The van der Waals surface area contributed by atoms with Gasteiger partial charge in [-0.05, 0) is 49.0 Å². The minimum atomic E-state index is 0.140. The van der Waals surface area contributed by atoms with Gasteiger partial charge in [0.15, 0.2) is 0 Å². The Morgan fingerprint density at radius 2 is 1.94 bits per heavy atom. The first-order valence-electron chi connectivity index (χ1n) is 11.9. The van der Waals surface area contributed by atoms with Crippen molar-refractivity contribution in [2.75, 3.05) is 42.9 Å². The predicted octanol–water partition coefficient (Wildman–Crippen LogP) is 2.52. The number of nitrogens with one attached hydrogen (secondary N) is 1. The van der Waals surface area contributed by atoms with Crippen LogP contribution in [0.4, 0.5) is 11.8 Å². The van der Waals surface area contributed by atoms with Crippen molar-refractivity contribution in [2.24, 2.45) is 5.84 Å². The number of rotatable bonds is 4. The topological polar surface area (TPSA) is 90.6 Å². The van der Waals surface area contributed by atoms with E-state index in [9.17, 15) is 4.79 Å². The summed E-state index contributed by atoms with van der Waals surface area (Å²) in [5.41, 5.74) is 4.81. The van der Waals surface area contributed by atoms with Crippen LogP contribution in [0.15, 0.2) is 30.5 Å². The van der Waals surface area contributed by atoms with E-state index in [2.05, 4.69) is 52.5 Å². The number of nitrogens with zero attached hydrogens (tertiary/aromatic N) is 5. The summed E-state index contributed by atoms with van der Waals surface area (Å²) >= 11 is 0. The molecule has 33 heavy (non-hydrogen) atoms. The van der Waals surface area contributed by atoms with Gasteiger partial charge in [-0.3, -0.25) is 10.6 Å². The second kappa shape index (κ2) is 9.11. The number of aryl methyl sites for hydroxylation is 1. The fourth-order valence-corrected chi connectivity index (χ4v) is 5.18. The number of benzene rings is 1. The first kappa shape index (κ1) is 21.9. The Morgan fingerprint density at radius 1 is 1.15 bits per heavy atom. The predicted molar refractivity (Wildman–Crippen MR) is 131 cm³/mol. The third-order valence-electron chi connectivity index (χ3n) is 7.14. The summed E-state index contributed by atoms with van der Waals surface area (Å²) in [6.07, 6.45) is 7.07. The number of hydrogen-bond acceptors (Lipinski definition) is 7. The van der Waals surface area contributed by atoms with Crippen molar-refractivity contribution < 1.29 is 4.79 Å². The minimum absolute atomic E-state index is 0.140. The minimum Gasteiger partial charge on any atom is -0.351 e. The Labute approximate surface area is 195 Å². The van der Waals surface area contributed by atoms with Crippen LogP contribution in [0.2, 0.25) is 0 Å². The lowest BCUT2D eigenvalue weighted by Crippen LogP contribution is -2.43. The molecule has 1 aromatic carbocycles. The molecule has 3 aliphatic heterocycles. The molecular weight excluding hydrogens is 414 g/mol. The van der Waals surface area contributed by atoms with Crippen LogP contribution in [0.1, 0.15) is 42.9 Å². The molecule has 1 atom stereocenters. The Hall–Kier alpha value is -2.97. The van der Waals surface area contributed by atoms with Gasteiger partial charge in [0.05, 0.1) is 6.04 Å². The highest BCUT2D eigenvalue weighted by molar-refractivity contribution is 5.91. The molecule has 5 rings (SSSR count). The van der Waals surface area contributed by atoms with E-state index >= 15 is 0 Å². The average molecular weight is 448 g/mol. The number of hydrazine groups is 1. The Balaban J connectivity index is 1.46. The standard InChI is InChI=1S/C25H33N7O/c1-17-5-3-4-6-23(17)20-13-19-14-27-25(28-21-7-11-31(26)12-8-21)29-24(19)32(15-20)22-9-10-30(16-22)18(2)33/h3-6,13-14,21-22H,7-12,15-16,26H2,1-2H3,(H,27,28,29)/t22-/m0/s1. The normalized spacial score (nSPS) is 21.7. The highest BCUT2D eigenvalue weighted by atomic mass is 16.2. The highest BCUT2D eigenvalue weighted by Gasteiger charge is 2.33. The lowest BCUT2D eigenvalue weighted by molar-refractivity contribution is -0.127. The largest absolute Gasteiger partial charge is 0.351 e. The van der Waals surface area contributed by atoms with E-state index in [0.717, 1.165) is 63.4 Å². The summed E-state index contributed by atoms with van der Waals surface area (Å²) in [5.74, 6) is 7.67. The maximum Gasteiger partial charge on any atom is 0.224 e. The monoisotopic (exact) mass is 447 g/mol. The Morgan fingerprint density at radius 3 is 2.67 bits per heavy atom. The van der Waals surface area contributed by atoms with E-state index in [1.165, 1.54) is 16.7 Å². The quantitative estimate of drug-likeness (QED) is 0.696. The van der Waals surface area contributed by atoms with E-state index in [0.29, 0.717) is 12.0 Å². The van der Waals surface area contributed by atoms with E-state index in [1.54, 1.807) is 6.92 Å². The van der Waals surface area contributed by atoms with Gasteiger partial charge in [0.1, 0.15) is 5.82 Å². The summed E-state index contributed by atoms with van der Waals surface area (Å²) in [5, 5.41) is 5.39. The van der Waals surface area contributed by atoms with E-state index in [-0.39, 0.29) is 11.9 Å². The van der Waals surface area contributed by atoms with Crippen molar-refractivity contribution in [3.05, 3.63) is 47.2 Å². The van der Waals surface area contributed by atoms with Crippen LogP contribution in [0.25, 0.3) is 11.6 Å². The summed E-state index contributed by atoms with van der Waals surface area (Å²) in [7, 11) is 0. The van der Waals surface area contributed by atoms with Gasteiger partial charge in [-0.2, -0.15) is 4.98 Å². The Kier molecular flexibility index (Phi) is 6.03. The second-order valence-electron chi connectivity index (χ2n) is 9.45. The number of nitrogens with two attached hydrogens (primary N) is 1. The van der Waals surface area contributed by atoms with Crippen LogP contribution in [-0.2, 0) is 4.79 Å². The molecular formula is C25H33N7O. The zero-order chi connectivity index (χ0) is 22.9. The fraction of sp³-hybridized carbons (Fsp3) is 0.480. The smallest absolute Gasteiger partial charge is 0.224 e. The molecule has 174 valence electrons. The molecule has 0 aliphatic carbocycles. The molecule has 2 aromatic rings. The third-order valence-corrected chi connectivity index (χ3v) is 7.14. The van der Waals surface area contributed by atoms with Crippen molar-refractivity contribution in [1.82, 2.24) is 19.9 Å². The molecule has 0 radical (unpaired) electrons. The molecule has 0 saturated carbocycles.